The van der Waals surface area contributed by atoms with Crippen LogP contribution in [0.5, 0.6) is 5.75 Å². The first kappa shape index (κ1) is 14.8. The van der Waals surface area contributed by atoms with Gasteiger partial charge in [-0.05, 0) is 42.3 Å². The first-order chi connectivity index (χ1) is 11.6. The SMILES string of the molecule is COc1ccc(C(=O)N2CC[C@@]3(C2)C(=O)Nc2ccccc23)cc1. The molecular weight excluding hydrogens is 304 g/mol. The van der Waals surface area contributed by atoms with Crippen molar-refractivity contribution in [1.29, 1.82) is 0 Å². The lowest BCUT2D eigenvalue weighted by atomic mass is 9.81. The van der Waals surface area contributed by atoms with E-state index in [1.807, 2.05) is 24.3 Å². The van der Waals surface area contributed by atoms with Crippen LogP contribution < -0.4 is 10.1 Å². The standard InChI is InChI=1S/C19H18N2O3/c1-24-14-8-6-13(7-9-14)17(22)21-11-10-19(12-21)15-4-2-3-5-16(15)20-18(19)23/h2-9H,10-12H2,1H3,(H,20,23)/t19-/m0/s1. The van der Waals surface area contributed by atoms with Crippen LogP contribution in [0.15, 0.2) is 48.5 Å². The Balaban J connectivity index is 1.60. The molecule has 0 aromatic heterocycles. The fourth-order valence-electron chi connectivity index (χ4n) is 3.68. The molecule has 122 valence electrons. The summed E-state index contributed by atoms with van der Waals surface area (Å²) in [5.41, 5.74) is 1.86. The molecule has 4 rings (SSSR count). The highest BCUT2D eigenvalue weighted by molar-refractivity contribution is 6.07. The van der Waals surface area contributed by atoms with Gasteiger partial charge in [-0.15, -0.1) is 0 Å². The van der Waals surface area contributed by atoms with E-state index < -0.39 is 5.41 Å². The van der Waals surface area contributed by atoms with Crippen molar-refractivity contribution in [2.45, 2.75) is 11.8 Å². The highest BCUT2D eigenvalue weighted by Gasteiger charge is 2.51. The number of nitrogens with zero attached hydrogens (tertiary/aromatic N) is 1. The van der Waals surface area contributed by atoms with E-state index >= 15 is 0 Å². The molecule has 2 heterocycles. The average Bonchev–Trinajstić information content (AvgIpc) is 3.18. The average molecular weight is 322 g/mol. The van der Waals surface area contributed by atoms with Crippen molar-refractivity contribution in [3.63, 3.8) is 0 Å². The van der Waals surface area contributed by atoms with Crippen molar-refractivity contribution in [3.05, 3.63) is 59.7 Å². The number of anilines is 1. The van der Waals surface area contributed by atoms with Gasteiger partial charge in [0.25, 0.3) is 5.91 Å². The van der Waals surface area contributed by atoms with Crippen LogP contribution in [0.2, 0.25) is 0 Å². The van der Waals surface area contributed by atoms with Gasteiger partial charge in [-0.1, -0.05) is 18.2 Å². The Morgan fingerprint density at radius 2 is 1.92 bits per heavy atom. The van der Waals surface area contributed by atoms with E-state index in [0.717, 1.165) is 11.3 Å². The molecule has 0 bridgehead atoms. The third kappa shape index (κ3) is 2.08. The summed E-state index contributed by atoms with van der Waals surface area (Å²) in [7, 11) is 1.59. The van der Waals surface area contributed by atoms with Gasteiger partial charge in [0.1, 0.15) is 5.75 Å². The van der Waals surface area contributed by atoms with Crippen LogP contribution in [-0.2, 0) is 10.2 Å². The van der Waals surface area contributed by atoms with Crippen molar-refractivity contribution in [3.8, 4) is 5.75 Å². The van der Waals surface area contributed by atoms with Crippen molar-refractivity contribution >= 4 is 17.5 Å². The number of hydrogen-bond acceptors (Lipinski definition) is 3. The number of amides is 2. The number of hydrogen-bond donors (Lipinski definition) is 1. The molecule has 1 atom stereocenters. The van der Waals surface area contributed by atoms with Crippen LogP contribution in [0.4, 0.5) is 5.69 Å². The Morgan fingerprint density at radius 1 is 1.17 bits per heavy atom. The van der Waals surface area contributed by atoms with E-state index in [9.17, 15) is 9.59 Å². The van der Waals surface area contributed by atoms with Gasteiger partial charge in [-0.25, -0.2) is 0 Å². The highest BCUT2D eigenvalue weighted by Crippen LogP contribution is 2.44. The summed E-state index contributed by atoms with van der Waals surface area (Å²) in [6, 6.07) is 14.8. The first-order valence-corrected chi connectivity index (χ1v) is 7.98. The molecule has 1 fully saturated rings. The Morgan fingerprint density at radius 3 is 2.67 bits per heavy atom. The molecular formula is C19H18N2O3. The number of rotatable bonds is 2. The van der Waals surface area contributed by atoms with E-state index in [1.165, 1.54) is 0 Å². The zero-order valence-electron chi connectivity index (χ0n) is 13.4. The largest absolute Gasteiger partial charge is 0.497 e. The topological polar surface area (TPSA) is 58.6 Å². The summed E-state index contributed by atoms with van der Waals surface area (Å²) < 4.78 is 5.13. The Labute approximate surface area is 140 Å². The molecule has 2 amide bonds. The summed E-state index contributed by atoms with van der Waals surface area (Å²) in [5.74, 6) is 0.661. The van der Waals surface area contributed by atoms with E-state index in [2.05, 4.69) is 5.32 Å². The molecule has 0 saturated carbocycles. The second-order valence-corrected chi connectivity index (χ2v) is 6.29. The minimum absolute atomic E-state index is 0.00580. The lowest BCUT2D eigenvalue weighted by Crippen LogP contribution is -2.39. The summed E-state index contributed by atoms with van der Waals surface area (Å²) in [4.78, 5) is 27.1. The normalized spacial score (nSPS) is 21.7. The predicted octanol–water partition coefficient (Wildman–Crippen LogP) is 2.43. The summed E-state index contributed by atoms with van der Waals surface area (Å²) in [6.45, 7) is 0.993. The Kier molecular flexibility index (Phi) is 3.30. The highest BCUT2D eigenvalue weighted by atomic mass is 16.5. The van der Waals surface area contributed by atoms with E-state index in [1.54, 1.807) is 36.3 Å². The van der Waals surface area contributed by atoms with Gasteiger partial charge in [-0.3, -0.25) is 9.59 Å². The summed E-state index contributed by atoms with van der Waals surface area (Å²) in [5, 5.41) is 2.95. The van der Waals surface area contributed by atoms with Crippen molar-refractivity contribution < 1.29 is 14.3 Å². The van der Waals surface area contributed by atoms with Gasteiger partial charge in [0.2, 0.25) is 5.91 Å². The summed E-state index contributed by atoms with van der Waals surface area (Å²) in [6.07, 6.45) is 0.651. The molecule has 2 aliphatic rings. The van der Waals surface area contributed by atoms with E-state index in [4.69, 9.17) is 4.74 Å². The Bertz CT molecular complexity index is 816. The Hall–Kier alpha value is -2.82. The molecule has 1 saturated heterocycles. The number of methoxy groups -OCH3 is 1. The minimum atomic E-state index is -0.612. The number of fused-ring (bicyclic) bond motifs is 2. The third-order valence-electron chi connectivity index (χ3n) is 5.02. The maximum absolute atomic E-state index is 12.8. The van der Waals surface area contributed by atoms with Crippen molar-refractivity contribution in [1.82, 2.24) is 4.90 Å². The van der Waals surface area contributed by atoms with Gasteiger partial charge in [-0.2, -0.15) is 0 Å². The third-order valence-corrected chi connectivity index (χ3v) is 5.02. The van der Waals surface area contributed by atoms with Crippen molar-refractivity contribution in [2.24, 2.45) is 0 Å². The molecule has 2 aliphatic heterocycles. The number of nitrogens with one attached hydrogen (secondary N) is 1. The smallest absolute Gasteiger partial charge is 0.253 e. The number of ether oxygens (including phenoxy) is 1. The fourth-order valence-corrected chi connectivity index (χ4v) is 3.68. The van der Waals surface area contributed by atoms with Crippen LogP contribution in [0.3, 0.4) is 0 Å². The molecule has 1 spiro atoms. The number of likely N-dealkylation sites (tertiary alicyclic amines) is 1. The minimum Gasteiger partial charge on any atom is -0.497 e. The second kappa shape index (κ2) is 5.37. The zero-order valence-corrected chi connectivity index (χ0v) is 13.4. The van der Waals surface area contributed by atoms with Crippen LogP contribution in [-0.4, -0.2) is 36.9 Å². The first-order valence-electron chi connectivity index (χ1n) is 7.98. The summed E-state index contributed by atoms with van der Waals surface area (Å²) >= 11 is 0. The number of para-hydroxylation sites is 1. The number of carbonyl (C=O) groups is 2. The predicted molar refractivity (Wildman–Crippen MR) is 90.3 cm³/mol. The van der Waals surface area contributed by atoms with Crippen molar-refractivity contribution in [2.75, 3.05) is 25.5 Å². The number of carbonyl (C=O) groups excluding carboxylic acids is 2. The van der Waals surface area contributed by atoms with Gasteiger partial charge in [0, 0.05) is 24.3 Å². The molecule has 5 nitrogen and oxygen atoms in total. The van der Waals surface area contributed by atoms with E-state index in [0.29, 0.717) is 30.8 Å². The molecule has 0 radical (unpaired) electrons. The van der Waals surface area contributed by atoms with Crippen LogP contribution >= 0.6 is 0 Å². The van der Waals surface area contributed by atoms with Crippen LogP contribution in [0.25, 0.3) is 0 Å². The molecule has 2 aromatic carbocycles. The number of benzene rings is 2. The maximum Gasteiger partial charge on any atom is 0.253 e. The molecule has 2 aromatic rings. The van der Waals surface area contributed by atoms with Gasteiger partial charge >= 0.3 is 0 Å². The molecule has 0 aliphatic carbocycles. The monoisotopic (exact) mass is 322 g/mol. The zero-order chi connectivity index (χ0) is 16.7. The fraction of sp³-hybridized carbons (Fsp3) is 0.263. The lowest BCUT2D eigenvalue weighted by molar-refractivity contribution is -0.120. The molecule has 0 unspecified atom stereocenters. The van der Waals surface area contributed by atoms with Gasteiger partial charge in [0.15, 0.2) is 0 Å². The molecule has 1 N–H and O–H groups in total. The molecule has 24 heavy (non-hydrogen) atoms. The van der Waals surface area contributed by atoms with Gasteiger partial charge < -0.3 is 15.0 Å². The lowest BCUT2D eigenvalue weighted by Gasteiger charge is -2.22. The quantitative estimate of drug-likeness (QED) is 0.924. The van der Waals surface area contributed by atoms with Crippen LogP contribution in [0, 0.1) is 0 Å². The maximum atomic E-state index is 12.8. The van der Waals surface area contributed by atoms with E-state index in [-0.39, 0.29) is 11.8 Å². The second-order valence-electron chi connectivity index (χ2n) is 6.29. The van der Waals surface area contributed by atoms with Gasteiger partial charge in [0.05, 0.1) is 12.5 Å². The molecule has 5 heteroatoms. The van der Waals surface area contributed by atoms with Crippen LogP contribution in [0.1, 0.15) is 22.3 Å².